The number of aromatic nitrogens is 3. The molecule has 0 saturated heterocycles. The van der Waals surface area contributed by atoms with Gasteiger partial charge in [-0.25, -0.2) is 4.98 Å². The third-order valence-corrected chi connectivity index (χ3v) is 4.28. The van der Waals surface area contributed by atoms with Crippen molar-refractivity contribution < 1.29 is 0 Å². The number of H-pyrrole nitrogens is 1. The summed E-state index contributed by atoms with van der Waals surface area (Å²) in [6, 6.07) is 4.03. The largest absolute Gasteiger partial charge is 0.329 e. The number of hydrogen-bond acceptors (Lipinski definition) is 3. The molecule has 1 N–H and O–H groups in total. The Bertz CT molecular complexity index is 764. The molecular formula is C13H13N3S2. The predicted octanol–water partition coefficient (Wildman–Crippen LogP) is 3.82. The third kappa shape index (κ3) is 1.89. The van der Waals surface area contributed by atoms with Gasteiger partial charge in [0.05, 0.1) is 12.1 Å². The Morgan fingerprint density at radius 2 is 2.17 bits per heavy atom. The van der Waals surface area contributed by atoms with E-state index in [2.05, 4.69) is 32.2 Å². The van der Waals surface area contributed by atoms with Gasteiger partial charge >= 0.3 is 0 Å². The van der Waals surface area contributed by atoms with Crippen molar-refractivity contribution in [3.05, 3.63) is 44.5 Å². The van der Waals surface area contributed by atoms with Gasteiger partial charge < -0.3 is 4.98 Å². The summed E-state index contributed by atoms with van der Waals surface area (Å²) >= 11 is 7.11. The second-order valence-electron chi connectivity index (χ2n) is 4.42. The van der Waals surface area contributed by atoms with Crippen LogP contribution in [0.5, 0.6) is 0 Å². The second kappa shape index (κ2) is 4.33. The second-order valence-corrected chi connectivity index (χ2v) is 5.55. The van der Waals surface area contributed by atoms with Gasteiger partial charge in [-0.2, -0.15) is 11.3 Å². The molecule has 0 aliphatic heterocycles. The van der Waals surface area contributed by atoms with Crippen LogP contribution in [0, 0.1) is 18.6 Å². The van der Waals surface area contributed by atoms with Crippen molar-refractivity contribution in [1.82, 2.24) is 14.5 Å². The molecule has 18 heavy (non-hydrogen) atoms. The van der Waals surface area contributed by atoms with Crippen LogP contribution in [0.1, 0.15) is 16.8 Å². The van der Waals surface area contributed by atoms with E-state index < -0.39 is 0 Å². The molecule has 0 saturated carbocycles. The van der Waals surface area contributed by atoms with E-state index >= 15 is 0 Å². The van der Waals surface area contributed by atoms with Crippen LogP contribution >= 0.6 is 23.6 Å². The number of imidazole rings is 1. The lowest BCUT2D eigenvalue weighted by molar-refractivity contribution is 0.797. The normalized spacial score (nSPS) is 11.2. The van der Waals surface area contributed by atoms with E-state index in [1.165, 1.54) is 11.1 Å². The van der Waals surface area contributed by atoms with Crippen molar-refractivity contribution in [1.29, 1.82) is 0 Å². The zero-order valence-corrected chi connectivity index (χ0v) is 11.9. The third-order valence-electron chi connectivity index (χ3n) is 3.05. The summed E-state index contributed by atoms with van der Waals surface area (Å²) < 4.78 is 2.79. The maximum absolute atomic E-state index is 5.38. The van der Waals surface area contributed by atoms with Crippen molar-refractivity contribution in [2.75, 3.05) is 0 Å². The summed E-state index contributed by atoms with van der Waals surface area (Å²) in [6.07, 6.45) is 0. The molecule has 3 aromatic rings. The van der Waals surface area contributed by atoms with Crippen LogP contribution in [0.25, 0.3) is 11.2 Å². The average Bonchev–Trinajstić information content (AvgIpc) is 2.86. The Hall–Kier alpha value is -1.46. The average molecular weight is 275 g/mol. The summed E-state index contributed by atoms with van der Waals surface area (Å²) in [5, 5.41) is 4.33. The molecule has 3 nitrogen and oxygen atoms in total. The summed E-state index contributed by atoms with van der Waals surface area (Å²) in [7, 11) is 0. The molecular weight excluding hydrogens is 262 g/mol. The number of pyridine rings is 1. The molecule has 3 rings (SSSR count). The van der Waals surface area contributed by atoms with Gasteiger partial charge in [0, 0.05) is 5.69 Å². The highest BCUT2D eigenvalue weighted by atomic mass is 32.1. The highest BCUT2D eigenvalue weighted by molar-refractivity contribution is 7.71. The quantitative estimate of drug-likeness (QED) is 0.721. The number of aromatic amines is 1. The molecule has 0 atom stereocenters. The first-order chi connectivity index (χ1) is 8.65. The number of nitrogens with zero attached hydrogens (tertiary/aromatic N) is 2. The SMILES string of the molecule is Cc1ccc2[nH]c(=S)n(Cc3cscc3C)c2n1. The maximum Gasteiger partial charge on any atom is 0.179 e. The molecule has 0 unspecified atom stereocenters. The molecule has 0 amide bonds. The van der Waals surface area contributed by atoms with E-state index in [1.807, 2.05) is 19.1 Å². The summed E-state index contributed by atoms with van der Waals surface area (Å²) in [5.74, 6) is 0. The van der Waals surface area contributed by atoms with Crippen molar-refractivity contribution in [3.8, 4) is 0 Å². The number of nitrogens with one attached hydrogen (secondary N) is 1. The minimum Gasteiger partial charge on any atom is -0.329 e. The van der Waals surface area contributed by atoms with E-state index in [-0.39, 0.29) is 0 Å². The first-order valence-corrected chi connectivity index (χ1v) is 7.08. The fourth-order valence-electron chi connectivity index (χ4n) is 1.99. The highest BCUT2D eigenvalue weighted by Gasteiger charge is 2.08. The van der Waals surface area contributed by atoms with E-state index in [0.717, 1.165) is 28.2 Å². The van der Waals surface area contributed by atoms with Crippen LogP contribution in [-0.4, -0.2) is 14.5 Å². The molecule has 0 bridgehead atoms. The number of fused-ring (bicyclic) bond motifs is 1. The fourth-order valence-corrected chi connectivity index (χ4v) is 3.10. The number of hydrogen-bond donors (Lipinski definition) is 1. The molecule has 92 valence electrons. The van der Waals surface area contributed by atoms with Crippen LogP contribution < -0.4 is 0 Å². The van der Waals surface area contributed by atoms with Gasteiger partial charge in [-0.3, -0.25) is 4.57 Å². The van der Waals surface area contributed by atoms with Gasteiger partial charge in [-0.1, -0.05) is 0 Å². The van der Waals surface area contributed by atoms with Crippen molar-refractivity contribution in [2.24, 2.45) is 0 Å². The van der Waals surface area contributed by atoms with E-state index in [0.29, 0.717) is 0 Å². The van der Waals surface area contributed by atoms with Crippen LogP contribution in [0.15, 0.2) is 22.9 Å². The van der Waals surface area contributed by atoms with Crippen LogP contribution in [0.2, 0.25) is 0 Å². The van der Waals surface area contributed by atoms with Crippen LogP contribution in [0.3, 0.4) is 0 Å². The number of rotatable bonds is 2. The molecule has 0 aliphatic rings. The highest BCUT2D eigenvalue weighted by Crippen LogP contribution is 2.19. The molecule has 3 aromatic heterocycles. The van der Waals surface area contributed by atoms with E-state index in [4.69, 9.17) is 12.2 Å². The maximum atomic E-state index is 5.38. The van der Waals surface area contributed by atoms with E-state index in [1.54, 1.807) is 11.3 Å². The lowest BCUT2D eigenvalue weighted by atomic mass is 10.2. The number of aryl methyl sites for hydroxylation is 2. The molecule has 0 spiro atoms. The minimum absolute atomic E-state index is 0.730. The van der Waals surface area contributed by atoms with Gasteiger partial charge in [-0.05, 0) is 60.1 Å². The Morgan fingerprint density at radius 3 is 2.89 bits per heavy atom. The zero-order valence-electron chi connectivity index (χ0n) is 10.2. The van der Waals surface area contributed by atoms with Crippen LogP contribution in [-0.2, 0) is 6.54 Å². The van der Waals surface area contributed by atoms with Gasteiger partial charge in [0.2, 0.25) is 0 Å². The van der Waals surface area contributed by atoms with Crippen molar-refractivity contribution >= 4 is 34.7 Å². The lowest BCUT2D eigenvalue weighted by Gasteiger charge is -2.04. The standard InChI is InChI=1S/C13H13N3S2/c1-8-6-18-7-10(8)5-16-12-11(15-13(16)17)4-3-9(2)14-12/h3-4,6-7H,5H2,1-2H3,(H,15,17). The van der Waals surface area contributed by atoms with E-state index in [9.17, 15) is 0 Å². The molecule has 3 heterocycles. The summed E-state index contributed by atoms with van der Waals surface area (Å²) in [4.78, 5) is 7.78. The first-order valence-electron chi connectivity index (χ1n) is 5.73. The number of thiophene rings is 1. The van der Waals surface area contributed by atoms with Crippen molar-refractivity contribution in [2.45, 2.75) is 20.4 Å². The molecule has 0 radical (unpaired) electrons. The topological polar surface area (TPSA) is 33.6 Å². The molecule has 0 aromatic carbocycles. The zero-order chi connectivity index (χ0) is 12.7. The van der Waals surface area contributed by atoms with Gasteiger partial charge in [0.25, 0.3) is 0 Å². The summed E-state index contributed by atoms with van der Waals surface area (Å²) in [6.45, 7) is 4.91. The Balaban J connectivity index is 2.17. The smallest absolute Gasteiger partial charge is 0.179 e. The Labute approximate surface area is 114 Å². The monoisotopic (exact) mass is 275 g/mol. The van der Waals surface area contributed by atoms with Gasteiger partial charge in [0.15, 0.2) is 10.4 Å². The molecule has 0 fully saturated rings. The Morgan fingerprint density at radius 1 is 1.33 bits per heavy atom. The fraction of sp³-hybridized carbons (Fsp3) is 0.231. The van der Waals surface area contributed by atoms with Crippen LogP contribution in [0.4, 0.5) is 0 Å². The van der Waals surface area contributed by atoms with Gasteiger partial charge in [0.1, 0.15) is 0 Å². The molecule has 5 heteroatoms. The lowest BCUT2D eigenvalue weighted by Crippen LogP contribution is -2.01. The molecule has 0 aliphatic carbocycles. The predicted molar refractivity (Wildman–Crippen MR) is 77.8 cm³/mol. The van der Waals surface area contributed by atoms with Crippen molar-refractivity contribution in [3.63, 3.8) is 0 Å². The minimum atomic E-state index is 0.730. The first kappa shape index (κ1) is 11.6. The van der Waals surface area contributed by atoms with Gasteiger partial charge in [-0.15, -0.1) is 0 Å². The Kier molecular flexibility index (Phi) is 2.80. The summed E-state index contributed by atoms with van der Waals surface area (Å²) in [5.41, 5.74) is 5.56.